The molecule has 4 aliphatic rings. The van der Waals surface area contributed by atoms with Crippen LogP contribution in [0.2, 0.25) is 0 Å². The van der Waals surface area contributed by atoms with Gasteiger partial charge in [0.05, 0.1) is 12.1 Å². The van der Waals surface area contributed by atoms with Crippen molar-refractivity contribution in [1.29, 1.82) is 0 Å². The van der Waals surface area contributed by atoms with Gasteiger partial charge in [0, 0.05) is 19.1 Å². The number of likely N-dealkylation sites (tertiary alicyclic amines) is 1. The predicted molar refractivity (Wildman–Crippen MR) is 126 cm³/mol. The average Bonchev–Trinajstić information content (AvgIpc) is 3.05. The summed E-state index contributed by atoms with van der Waals surface area (Å²) in [5, 5.41) is 0. The quantitative estimate of drug-likeness (QED) is 0.485. The van der Waals surface area contributed by atoms with E-state index in [4.69, 9.17) is 14.2 Å². The van der Waals surface area contributed by atoms with Crippen LogP contribution in [-0.2, 0) is 14.2 Å². The average molecular weight is 448 g/mol. The van der Waals surface area contributed by atoms with E-state index in [1.807, 2.05) is 25.7 Å². The molecule has 0 unspecified atom stereocenters. The predicted octanol–water partition coefficient (Wildman–Crippen LogP) is 6.17. The SMILES string of the molecule is CO[C@H]1O[C@@H](C)[C@@H]2[C@@H](/C=C/[C@@H]3CCC[C@@H](C)N3C(=O)OC(C)(C)C)[C@H]3CCCC[C@@H]3C[C@H]12. The van der Waals surface area contributed by atoms with E-state index in [1.165, 1.54) is 32.1 Å². The lowest BCUT2D eigenvalue weighted by molar-refractivity contribution is -0.132. The number of amides is 1. The number of nitrogens with zero attached hydrogens (tertiary/aromatic N) is 1. The molecule has 0 bridgehead atoms. The fourth-order valence-corrected chi connectivity index (χ4v) is 7.27. The lowest BCUT2D eigenvalue weighted by Gasteiger charge is -2.47. The van der Waals surface area contributed by atoms with Gasteiger partial charge in [0.2, 0.25) is 0 Å². The van der Waals surface area contributed by atoms with Crippen LogP contribution in [0.15, 0.2) is 12.2 Å². The zero-order valence-corrected chi connectivity index (χ0v) is 21.1. The third-order valence-corrected chi connectivity index (χ3v) is 8.56. The van der Waals surface area contributed by atoms with Crippen molar-refractivity contribution < 1.29 is 19.0 Å². The molecule has 0 aromatic carbocycles. The molecule has 0 N–H and O–H groups in total. The maximum absolute atomic E-state index is 13.1. The summed E-state index contributed by atoms with van der Waals surface area (Å²) in [5.74, 6) is 3.01. The molecule has 5 heteroatoms. The minimum Gasteiger partial charge on any atom is -0.444 e. The Morgan fingerprint density at radius 1 is 1.00 bits per heavy atom. The minimum atomic E-state index is -0.472. The first-order chi connectivity index (χ1) is 15.2. The molecule has 2 heterocycles. The molecule has 0 spiro atoms. The second-order valence-electron chi connectivity index (χ2n) is 11.8. The monoisotopic (exact) mass is 447 g/mol. The van der Waals surface area contributed by atoms with Crippen molar-refractivity contribution in [3.8, 4) is 0 Å². The van der Waals surface area contributed by atoms with Gasteiger partial charge in [0.15, 0.2) is 6.29 Å². The van der Waals surface area contributed by atoms with Gasteiger partial charge in [-0.05, 0) is 90.4 Å². The van der Waals surface area contributed by atoms with Gasteiger partial charge in [0.25, 0.3) is 0 Å². The van der Waals surface area contributed by atoms with Crippen molar-refractivity contribution >= 4 is 6.09 Å². The van der Waals surface area contributed by atoms with Gasteiger partial charge >= 0.3 is 6.09 Å². The van der Waals surface area contributed by atoms with Gasteiger partial charge in [-0.15, -0.1) is 0 Å². The Labute approximate surface area is 195 Å². The van der Waals surface area contributed by atoms with E-state index in [0.29, 0.717) is 17.8 Å². The van der Waals surface area contributed by atoms with Gasteiger partial charge in [-0.1, -0.05) is 31.4 Å². The van der Waals surface area contributed by atoms with Crippen LogP contribution in [0.4, 0.5) is 4.79 Å². The van der Waals surface area contributed by atoms with Gasteiger partial charge in [0.1, 0.15) is 5.60 Å². The molecule has 2 saturated carbocycles. The van der Waals surface area contributed by atoms with Crippen LogP contribution in [0.5, 0.6) is 0 Å². The van der Waals surface area contributed by atoms with Crippen molar-refractivity contribution in [2.75, 3.05) is 7.11 Å². The maximum Gasteiger partial charge on any atom is 0.411 e. The Balaban J connectivity index is 1.57. The van der Waals surface area contributed by atoms with Gasteiger partial charge < -0.3 is 14.2 Å². The number of rotatable bonds is 3. The summed E-state index contributed by atoms with van der Waals surface area (Å²) in [6.45, 7) is 10.2. The van der Waals surface area contributed by atoms with Crippen LogP contribution in [0.25, 0.3) is 0 Å². The third-order valence-electron chi connectivity index (χ3n) is 8.56. The van der Waals surface area contributed by atoms with Crippen molar-refractivity contribution in [3.05, 3.63) is 12.2 Å². The number of methoxy groups -OCH3 is 1. The Bertz CT molecular complexity index is 686. The Hall–Kier alpha value is -1.07. The van der Waals surface area contributed by atoms with Crippen LogP contribution < -0.4 is 0 Å². The van der Waals surface area contributed by atoms with Gasteiger partial charge in [-0.2, -0.15) is 0 Å². The second-order valence-corrected chi connectivity index (χ2v) is 11.8. The highest BCUT2D eigenvalue weighted by Gasteiger charge is 2.53. The third kappa shape index (κ3) is 4.89. The van der Waals surface area contributed by atoms with E-state index >= 15 is 0 Å². The molecule has 0 radical (unpaired) electrons. The summed E-state index contributed by atoms with van der Waals surface area (Å²) in [7, 11) is 1.79. The fourth-order valence-electron chi connectivity index (χ4n) is 7.27. The summed E-state index contributed by atoms with van der Waals surface area (Å²) in [6.07, 6.45) is 14.6. The van der Waals surface area contributed by atoms with Crippen molar-refractivity contribution in [1.82, 2.24) is 4.90 Å². The Morgan fingerprint density at radius 3 is 2.47 bits per heavy atom. The van der Waals surface area contributed by atoms with E-state index < -0.39 is 5.60 Å². The zero-order chi connectivity index (χ0) is 23.0. The molecule has 2 aliphatic carbocycles. The molecule has 1 amide bonds. The highest BCUT2D eigenvalue weighted by atomic mass is 16.7. The number of allylic oxidation sites excluding steroid dienone is 1. The largest absolute Gasteiger partial charge is 0.444 e. The number of piperidine rings is 1. The summed E-state index contributed by atoms with van der Waals surface area (Å²) >= 11 is 0. The Kier molecular flexibility index (Phi) is 7.26. The van der Waals surface area contributed by atoms with Gasteiger partial charge in [-0.3, -0.25) is 4.90 Å². The van der Waals surface area contributed by atoms with Crippen molar-refractivity contribution in [2.24, 2.45) is 29.6 Å². The summed E-state index contributed by atoms with van der Waals surface area (Å²) in [5.41, 5.74) is -0.472. The number of fused-ring (bicyclic) bond motifs is 2. The van der Waals surface area contributed by atoms with E-state index in [-0.39, 0.29) is 30.6 Å². The number of ether oxygens (including phenoxy) is 3. The van der Waals surface area contributed by atoms with Crippen LogP contribution >= 0.6 is 0 Å². The first-order valence-electron chi connectivity index (χ1n) is 13.1. The maximum atomic E-state index is 13.1. The van der Waals surface area contributed by atoms with E-state index in [2.05, 4.69) is 26.0 Å². The molecule has 32 heavy (non-hydrogen) atoms. The molecular weight excluding hydrogens is 402 g/mol. The number of hydrogen-bond acceptors (Lipinski definition) is 4. The highest BCUT2D eigenvalue weighted by molar-refractivity contribution is 5.69. The first kappa shape index (κ1) is 24.1. The number of carbonyl (C=O) groups is 1. The molecule has 182 valence electrons. The van der Waals surface area contributed by atoms with Crippen LogP contribution in [-0.4, -0.2) is 48.2 Å². The minimum absolute atomic E-state index is 0.0678. The molecular formula is C27H45NO4. The summed E-state index contributed by atoms with van der Waals surface area (Å²) in [4.78, 5) is 15.1. The topological polar surface area (TPSA) is 48.0 Å². The normalized spacial score (nSPS) is 42.6. The number of carbonyl (C=O) groups excluding carboxylic acids is 1. The van der Waals surface area contributed by atoms with Crippen LogP contribution in [0.3, 0.4) is 0 Å². The van der Waals surface area contributed by atoms with Crippen LogP contribution in [0, 0.1) is 29.6 Å². The lowest BCUT2D eigenvalue weighted by Crippen LogP contribution is -2.50. The molecule has 4 fully saturated rings. The molecule has 9 atom stereocenters. The van der Waals surface area contributed by atoms with Crippen LogP contribution in [0.1, 0.15) is 86.0 Å². The molecule has 4 rings (SSSR count). The van der Waals surface area contributed by atoms with Gasteiger partial charge in [-0.25, -0.2) is 4.79 Å². The Morgan fingerprint density at radius 2 is 1.75 bits per heavy atom. The van der Waals surface area contributed by atoms with Crippen molar-refractivity contribution in [2.45, 2.75) is 116 Å². The molecule has 2 saturated heterocycles. The molecule has 2 aliphatic heterocycles. The lowest BCUT2D eigenvalue weighted by atomic mass is 9.57. The fraction of sp³-hybridized carbons (Fsp3) is 0.889. The zero-order valence-electron chi connectivity index (χ0n) is 21.1. The highest BCUT2D eigenvalue weighted by Crippen LogP contribution is 2.55. The van der Waals surface area contributed by atoms with Crippen molar-refractivity contribution in [3.63, 3.8) is 0 Å². The van der Waals surface area contributed by atoms with E-state index in [1.54, 1.807) is 7.11 Å². The standard InChI is InChI=1S/C27H45NO4/c1-17-10-9-12-20(28(17)26(29)32-27(3,4)5)14-15-22-21-13-8-7-11-19(21)16-23-24(22)18(2)31-25(23)30-6/h14-15,17-25H,7-13,16H2,1-6H3/b15-14+/t17-,18+,19-,20+,21+,22+,23+,24-,25+/m1/s1. The number of hydrogen-bond donors (Lipinski definition) is 0. The van der Waals surface area contributed by atoms with E-state index in [9.17, 15) is 4.79 Å². The molecule has 0 aromatic rings. The summed E-state index contributed by atoms with van der Waals surface area (Å²) in [6, 6.07) is 0.327. The molecule has 5 nitrogen and oxygen atoms in total. The first-order valence-corrected chi connectivity index (χ1v) is 13.1. The smallest absolute Gasteiger partial charge is 0.411 e. The summed E-state index contributed by atoms with van der Waals surface area (Å²) < 4.78 is 17.8. The molecule has 0 aromatic heterocycles. The van der Waals surface area contributed by atoms with E-state index in [0.717, 1.165) is 31.1 Å². The second kappa shape index (κ2) is 9.66.